The van der Waals surface area contributed by atoms with E-state index in [1.165, 1.54) is 11.3 Å². The summed E-state index contributed by atoms with van der Waals surface area (Å²) in [5.41, 5.74) is 3.77. The number of fused-ring (bicyclic) bond motifs is 1. The van der Waals surface area contributed by atoms with Crippen LogP contribution in [0, 0.1) is 0 Å². The number of anilines is 1. The molecule has 7 heteroatoms. The molecule has 6 nitrogen and oxygen atoms in total. The van der Waals surface area contributed by atoms with Gasteiger partial charge in [0, 0.05) is 0 Å². The van der Waals surface area contributed by atoms with E-state index in [9.17, 15) is 9.59 Å². The summed E-state index contributed by atoms with van der Waals surface area (Å²) < 4.78 is 11.2. The highest BCUT2D eigenvalue weighted by Gasteiger charge is 2.12. The van der Waals surface area contributed by atoms with E-state index in [0.29, 0.717) is 5.13 Å². The summed E-state index contributed by atoms with van der Waals surface area (Å²) in [6, 6.07) is 23.2. The minimum atomic E-state index is -0.461. The van der Waals surface area contributed by atoms with E-state index < -0.39 is 11.9 Å². The molecule has 3 aromatic carbocycles. The van der Waals surface area contributed by atoms with Crippen molar-refractivity contribution in [2.24, 2.45) is 0 Å². The van der Waals surface area contributed by atoms with Gasteiger partial charge in [0.1, 0.15) is 5.75 Å². The Morgan fingerprint density at radius 1 is 0.968 bits per heavy atom. The summed E-state index contributed by atoms with van der Waals surface area (Å²) in [6.45, 7) is -0.361. The summed E-state index contributed by atoms with van der Waals surface area (Å²) in [5, 5.41) is 3.11. The Morgan fingerprint density at radius 2 is 1.71 bits per heavy atom. The van der Waals surface area contributed by atoms with Crippen LogP contribution in [-0.4, -0.2) is 30.6 Å². The van der Waals surface area contributed by atoms with Gasteiger partial charge >= 0.3 is 5.97 Å². The minimum Gasteiger partial charge on any atom is -0.497 e. The van der Waals surface area contributed by atoms with E-state index >= 15 is 0 Å². The van der Waals surface area contributed by atoms with Crippen molar-refractivity contribution in [3.8, 4) is 16.9 Å². The number of methoxy groups -OCH3 is 1. The number of thiazole rings is 1. The fourth-order valence-corrected chi connectivity index (χ4v) is 3.96. The van der Waals surface area contributed by atoms with E-state index in [-0.39, 0.29) is 13.0 Å². The Hall–Kier alpha value is -3.71. The largest absolute Gasteiger partial charge is 0.497 e. The Bertz CT molecular complexity index is 1200. The van der Waals surface area contributed by atoms with E-state index in [1.807, 2.05) is 72.8 Å². The molecule has 0 atom stereocenters. The highest BCUT2D eigenvalue weighted by molar-refractivity contribution is 7.22. The van der Waals surface area contributed by atoms with E-state index in [1.54, 1.807) is 7.11 Å². The summed E-state index contributed by atoms with van der Waals surface area (Å²) >= 11 is 1.33. The number of carbonyl (C=O) groups is 2. The average Bonchev–Trinajstić information content (AvgIpc) is 3.20. The predicted molar refractivity (Wildman–Crippen MR) is 121 cm³/mol. The maximum absolute atomic E-state index is 12.1. The van der Waals surface area contributed by atoms with Crippen molar-refractivity contribution >= 4 is 38.6 Å². The average molecular weight is 433 g/mol. The van der Waals surface area contributed by atoms with Crippen molar-refractivity contribution in [2.45, 2.75) is 6.42 Å². The van der Waals surface area contributed by atoms with Crippen molar-refractivity contribution in [3.05, 3.63) is 78.4 Å². The summed E-state index contributed by atoms with van der Waals surface area (Å²) in [5.74, 6) is -0.171. The smallest absolute Gasteiger partial charge is 0.310 e. The van der Waals surface area contributed by atoms with Gasteiger partial charge in [-0.1, -0.05) is 65.9 Å². The summed E-state index contributed by atoms with van der Waals surface area (Å²) in [7, 11) is 1.59. The highest BCUT2D eigenvalue weighted by atomic mass is 32.1. The van der Waals surface area contributed by atoms with E-state index in [2.05, 4.69) is 10.3 Å². The maximum atomic E-state index is 12.1. The zero-order valence-corrected chi connectivity index (χ0v) is 17.6. The third-order valence-corrected chi connectivity index (χ3v) is 5.55. The van der Waals surface area contributed by atoms with Gasteiger partial charge < -0.3 is 9.47 Å². The molecular weight excluding hydrogens is 412 g/mol. The lowest BCUT2D eigenvalue weighted by Crippen LogP contribution is -2.21. The van der Waals surface area contributed by atoms with Crippen molar-refractivity contribution < 1.29 is 19.1 Å². The highest BCUT2D eigenvalue weighted by Crippen LogP contribution is 2.29. The molecule has 0 aliphatic rings. The van der Waals surface area contributed by atoms with Crippen LogP contribution in [0.2, 0.25) is 0 Å². The molecule has 0 saturated heterocycles. The van der Waals surface area contributed by atoms with Gasteiger partial charge in [0.25, 0.3) is 5.91 Å². The molecule has 31 heavy (non-hydrogen) atoms. The molecular formula is C24H20N2O4S. The van der Waals surface area contributed by atoms with Crippen LogP contribution in [-0.2, 0) is 20.7 Å². The molecule has 156 valence electrons. The monoisotopic (exact) mass is 432 g/mol. The number of nitrogens with zero attached hydrogens (tertiary/aromatic N) is 1. The molecule has 1 N–H and O–H groups in total. The number of rotatable bonds is 7. The number of hydrogen-bond donors (Lipinski definition) is 1. The first-order valence-corrected chi connectivity index (χ1v) is 10.5. The minimum absolute atomic E-state index is 0.100. The molecule has 0 spiro atoms. The second-order valence-corrected chi connectivity index (χ2v) is 7.83. The van der Waals surface area contributed by atoms with E-state index in [4.69, 9.17) is 9.47 Å². The van der Waals surface area contributed by atoms with Crippen molar-refractivity contribution in [3.63, 3.8) is 0 Å². The van der Waals surface area contributed by atoms with Crippen LogP contribution in [0.3, 0.4) is 0 Å². The van der Waals surface area contributed by atoms with E-state index in [0.717, 1.165) is 32.7 Å². The molecule has 1 amide bonds. The van der Waals surface area contributed by atoms with Crippen LogP contribution >= 0.6 is 11.3 Å². The molecule has 0 unspecified atom stereocenters. The second-order valence-electron chi connectivity index (χ2n) is 6.80. The van der Waals surface area contributed by atoms with Crippen LogP contribution in [0.15, 0.2) is 72.8 Å². The molecule has 0 aliphatic carbocycles. The Balaban J connectivity index is 1.28. The normalized spacial score (nSPS) is 10.6. The Morgan fingerprint density at radius 3 is 2.45 bits per heavy atom. The van der Waals surface area contributed by atoms with Gasteiger partial charge in [0.15, 0.2) is 11.7 Å². The zero-order chi connectivity index (χ0) is 21.6. The maximum Gasteiger partial charge on any atom is 0.310 e. The van der Waals surface area contributed by atoms with Crippen molar-refractivity contribution in [2.75, 3.05) is 19.0 Å². The van der Waals surface area contributed by atoms with Crippen LogP contribution in [0.5, 0.6) is 5.75 Å². The predicted octanol–water partition coefficient (Wildman–Crippen LogP) is 4.70. The van der Waals surface area contributed by atoms with Crippen molar-refractivity contribution in [1.82, 2.24) is 4.98 Å². The number of aromatic nitrogens is 1. The van der Waals surface area contributed by atoms with Gasteiger partial charge in [-0.2, -0.15) is 0 Å². The van der Waals surface area contributed by atoms with Gasteiger partial charge in [0.2, 0.25) is 0 Å². The first-order chi connectivity index (χ1) is 15.1. The zero-order valence-electron chi connectivity index (χ0n) is 16.8. The number of nitrogens with one attached hydrogen (secondary N) is 1. The van der Waals surface area contributed by atoms with Crippen molar-refractivity contribution in [1.29, 1.82) is 0 Å². The van der Waals surface area contributed by atoms with Gasteiger partial charge in [-0.15, -0.1) is 0 Å². The molecule has 4 rings (SSSR count). The van der Waals surface area contributed by atoms with Crippen LogP contribution < -0.4 is 10.1 Å². The van der Waals surface area contributed by atoms with Crippen LogP contribution in [0.1, 0.15) is 5.56 Å². The number of esters is 1. The number of amides is 1. The first-order valence-electron chi connectivity index (χ1n) is 9.65. The molecule has 4 aromatic rings. The molecule has 0 aliphatic heterocycles. The van der Waals surface area contributed by atoms with Gasteiger partial charge in [0.05, 0.1) is 23.7 Å². The fraction of sp³-hybridized carbons (Fsp3) is 0.125. The first kappa shape index (κ1) is 20.6. The summed E-state index contributed by atoms with van der Waals surface area (Å²) in [6.07, 6.45) is 0.100. The quantitative estimate of drug-likeness (QED) is 0.429. The number of benzene rings is 3. The molecule has 0 saturated carbocycles. The van der Waals surface area contributed by atoms with Gasteiger partial charge in [-0.05, 0) is 34.9 Å². The molecule has 1 aromatic heterocycles. The topological polar surface area (TPSA) is 77.5 Å². The number of hydrogen-bond acceptors (Lipinski definition) is 6. The molecule has 0 bridgehead atoms. The molecule has 1 heterocycles. The third kappa shape index (κ3) is 5.26. The van der Waals surface area contributed by atoms with Gasteiger partial charge in [-0.3, -0.25) is 14.9 Å². The Labute approximate surface area is 183 Å². The third-order valence-electron chi connectivity index (χ3n) is 4.62. The van der Waals surface area contributed by atoms with Crippen LogP contribution in [0.4, 0.5) is 5.13 Å². The molecule has 0 radical (unpaired) electrons. The lowest BCUT2D eigenvalue weighted by Gasteiger charge is -2.06. The SMILES string of the molecule is COc1ccc2nc(NC(=O)COC(=O)Cc3ccc(-c4ccccc4)cc3)sc2c1. The lowest BCUT2D eigenvalue weighted by atomic mass is 10.0. The lowest BCUT2D eigenvalue weighted by molar-refractivity contribution is -0.146. The second kappa shape index (κ2) is 9.40. The summed E-state index contributed by atoms with van der Waals surface area (Å²) in [4.78, 5) is 28.6. The standard InChI is InChI=1S/C24H20N2O4S/c1-29-19-11-12-20-21(14-19)31-24(25-20)26-22(27)15-30-23(28)13-16-7-9-18(10-8-16)17-5-3-2-4-6-17/h2-12,14H,13,15H2,1H3,(H,25,26,27). The molecule has 0 fully saturated rings. The van der Waals surface area contributed by atoms with Crippen LogP contribution in [0.25, 0.3) is 21.3 Å². The fourth-order valence-electron chi connectivity index (χ4n) is 3.05. The number of ether oxygens (including phenoxy) is 2. The van der Waals surface area contributed by atoms with Gasteiger partial charge in [-0.25, -0.2) is 4.98 Å². The number of carbonyl (C=O) groups excluding carboxylic acids is 2. The Kier molecular flexibility index (Phi) is 6.24.